The predicted molar refractivity (Wildman–Crippen MR) is 45.6 cm³/mol. The lowest BCUT2D eigenvalue weighted by molar-refractivity contribution is 0.670. The maximum atomic E-state index is 5.51. The van der Waals surface area contributed by atoms with E-state index in [9.17, 15) is 0 Å². The largest absolute Gasteiger partial charge is 0.349 e. The molecule has 1 atom stereocenters. The average Bonchev–Trinajstić information content (AvgIpc) is 2.47. The lowest BCUT2D eigenvalue weighted by Crippen LogP contribution is -2.29. The standard InChI is InChI=1S/C6H14N6/c1-3-5(4-7)8-6-9-10-11-12(6)2/h5H,3-4,7H2,1-2H3,(H,8,9,11). The SMILES string of the molecule is CCC(CN)Nc1nnnn1C. The number of aryl methyl sites for hydroxylation is 1. The molecule has 1 aromatic rings. The van der Waals surface area contributed by atoms with Crippen molar-refractivity contribution in [2.24, 2.45) is 12.8 Å². The van der Waals surface area contributed by atoms with Gasteiger partial charge in [0.1, 0.15) is 0 Å². The molecule has 1 unspecified atom stereocenters. The van der Waals surface area contributed by atoms with Crippen LogP contribution in [0.5, 0.6) is 0 Å². The third-order valence-corrected chi connectivity index (χ3v) is 1.73. The molecule has 0 aliphatic rings. The smallest absolute Gasteiger partial charge is 0.242 e. The summed E-state index contributed by atoms with van der Waals surface area (Å²) in [6, 6.07) is 0.245. The molecule has 6 nitrogen and oxygen atoms in total. The van der Waals surface area contributed by atoms with E-state index in [4.69, 9.17) is 5.73 Å². The maximum absolute atomic E-state index is 5.51. The molecule has 68 valence electrons. The first kappa shape index (κ1) is 8.92. The first-order valence-corrected chi connectivity index (χ1v) is 3.96. The van der Waals surface area contributed by atoms with Gasteiger partial charge in [0, 0.05) is 19.6 Å². The van der Waals surface area contributed by atoms with Gasteiger partial charge in [0.2, 0.25) is 5.95 Å². The fraction of sp³-hybridized carbons (Fsp3) is 0.833. The number of nitrogens with two attached hydrogens (primary N) is 1. The van der Waals surface area contributed by atoms with Crippen LogP contribution in [0.3, 0.4) is 0 Å². The quantitative estimate of drug-likeness (QED) is 0.628. The van der Waals surface area contributed by atoms with Crippen LogP contribution in [0.1, 0.15) is 13.3 Å². The Morgan fingerprint density at radius 2 is 2.42 bits per heavy atom. The van der Waals surface area contributed by atoms with Crippen LogP contribution in [-0.4, -0.2) is 32.8 Å². The number of anilines is 1. The second-order valence-electron chi connectivity index (χ2n) is 2.61. The van der Waals surface area contributed by atoms with Crippen LogP contribution in [0.2, 0.25) is 0 Å². The van der Waals surface area contributed by atoms with Crippen LogP contribution in [-0.2, 0) is 7.05 Å². The Morgan fingerprint density at radius 1 is 1.67 bits per heavy atom. The summed E-state index contributed by atoms with van der Waals surface area (Å²) >= 11 is 0. The Kier molecular flexibility index (Phi) is 2.98. The fourth-order valence-corrected chi connectivity index (χ4v) is 0.862. The Hall–Kier alpha value is -1.17. The highest BCUT2D eigenvalue weighted by Gasteiger charge is 2.07. The third-order valence-electron chi connectivity index (χ3n) is 1.73. The number of hydrogen-bond donors (Lipinski definition) is 2. The molecule has 0 spiro atoms. The minimum atomic E-state index is 0.245. The van der Waals surface area contributed by atoms with Gasteiger partial charge < -0.3 is 11.1 Å². The molecule has 6 heteroatoms. The first-order chi connectivity index (χ1) is 5.77. The van der Waals surface area contributed by atoms with E-state index in [1.54, 1.807) is 11.7 Å². The first-order valence-electron chi connectivity index (χ1n) is 3.96. The van der Waals surface area contributed by atoms with E-state index in [0.717, 1.165) is 6.42 Å². The molecule has 0 saturated heterocycles. The summed E-state index contributed by atoms with van der Waals surface area (Å²) < 4.78 is 1.58. The highest BCUT2D eigenvalue weighted by molar-refractivity contribution is 5.23. The van der Waals surface area contributed by atoms with Crippen molar-refractivity contribution < 1.29 is 0 Å². The minimum Gasteiger partial charge on any atom is -0.349 e. The highest BCUT2D eigenvalue weighted by Crippen LogP contribution is 2.00. The molecule has 0 bridgehead atoms. The number of nitrogens with one attached hydrogen (secondary N) is 1. The summed E-state index contributed by atoms with van der Waals surface area (Å²) in [6.45, 7) is 2.65. The van der Waals surface area contributed by atoms with Crippen LogP contribution >= 0.6 is 0 Å². The summed E-state index contributed by atoms with van der Waals surface area (Å²) in [5.41, 5.74) is 5.51. The number of aromatic nitrogens is 4. The van der Waals surface area contributed by atoms with E-state index in [2.05, 4.69) is 27.8 Å². The van der Waals surface area contributed by atoms with Crippen LogP contribution in [0, 0.1) is 0 Å². The molecular weight excluding hydrogens is 156 g/mol. The van der Waals surface area contributed by atoms with Gasteiger partial charge in [-0.25, -0.2) is 4.68 Å². The molecule has 0 saturated carbocycles. The van der Waals surface area contributed by atoms with Crippen molar-refractivity contribution in [1.82, 2.24) is 20.2 Å². The molecule has 0 amide bonds. The van der Waals surface area contributed by atoms with Gasteiger partial charge in [-0.15, -0.1) is 0 Å². The van der Waals surface area contributed by atoms with Crippen LogP contribution in [0.4, 0.5) is 5.95 Å². The van der Waals surface area contributed by atoms with E-state index in [0.29, 0.717) is 12.5 Å². The minimum absolute atomic E-state index is 0.245. The number of tetrazole rings is 1. The van der Waals surface area contributed by atoms with Gasteiger partial charge in [-0.1, -0.05) is 12.0 Å². The van der Waals surface area contributed by atoms with E-state index < -0.39 is 0 Å². The molecule has 1 heterocycles. The number of hydrogen-bond acceptors (Lipinski definition) is 5. The predicted octanol–water partition coefficient (Wildman–Crippen LogP) is -0.641. The zero-order valence-electron chi connectivity index (χ0n) is 7.36. The molecule has 12 heavy (non-hydrogen) atoms. The molecule has 1 aromatic heterocycles. The molecule has 0 radical (unpaired) electrons. The lowest BCUT2D eigenvalue weighted by Gasteiger charge is -2.13. The molecule has 3 N–H and O–H groups in total. The van der Waals surface area contributed by atoms with Gasteiger partial charge in [0.25, 0.3) is 0 Å². The number of rotatable bonds is 4. The summed E-state index contributed by atoms with van der Waals surface area (Å²) in [6.07, 6.45) is 0.962. The van der Waals surface area contributed by atoms with Crippen molar-refractivity contribution in [3.05, 3.63) is 0 Å². The summed E-state index contributed by atoms with van der Waals surface area (Å²) in [7, 11) is 1.78. The normalized spacial score (nSPS) is 12.9. The molecule has 0 fully saturated rings. The van der Waals surface area contributed by atoms with Crippen LogP contribution in [0.15, 0.2) is 0 Å². The van der Waals surface area contributed by atoms with Gasteiger partial charge in [-0.3, -0.25) is 0 Å². The van der Waals surface area contributed by atoms with E-state index >= 15 is 0 Å². The second kappa shape index (κ2) is 4.01. The van der Waals surface area contributed by atoms with E-state index in [-0.39, 0.29) is 6.04 Å². The van der Waals surface area contributed by atoms with Gasteiger partial charge in [-0.05, 0) is 16.8 Å². The third kappa shape index (κ3) is 1.91. The molecule has 0 aliphatic carbocycles. The average molecular weight is 170 g/mol. The van der Waals surface area contributed by atoms with Crippen molar-refractivity contribution in [1.29, 1.82) is 0 Å². The van der Waals surface area contributed by atoms with Gasteiger partial charge in [-0.2, -0.15) is 0 Å². The summed E-state index contributed by atoms with van der Waals surface area (Å²) in [4.78, 5) is 0. The monoisotopic (exact) mass is 170 g/mol. The number of nitrogens with zero attached hydrogens (tertiary/aromatic N) is 4. The van der Waals surface area contributed by atoms with Crippen molar-refractivity contribution in [3.63, 3.8) is 0 Å². The lowest BCUT2D eigenvalue weighted by atomic mass is 10.2. The van der Waals surface area contributed by atoms with Crippen LogP contribution < -0.4 is 11.1 Å². The van der Waals surface area contributed by atoms with Gasteiger partial charge >= 0.3 is 0 Å². The highest BCUT2D eigenvalue weighted by atomic mass is 15.6. The molecule has 0 aliphatic heterocycles. The van der Waals surface area contributed by atoms with Crippen molar-refractivity contribution in [3.8, 4) is 0 Å². The molecule has 1 rings (SSSR count). The Morgan fingerprint density at radius 3 is 2.83 bits per heavy atom. The fourth-order valence-electron chi connectivity index (χ4n) is 0.862. The van der Waals surface area contributed by atoms with E-state index in [1.165, 1.54) is 0 Å². The second-order valence-corrected chi connectivity index (χ2v) is 2.61. The van der Waals surface area contributed by atoms with E-state index in [1.807, 2.05) is 0 Å². The Bertz CT molecular complexity index is 228. The Labute approximate surface area is 71.1 Å². The molecule has 0 aromatic carbocycles. The maximum Gasteiger partial charge on any atom is 0.242 e. The zero-order valence-corrected chi connectivity index (χ0v) is 7.36. The Balaban J connectivity index is 2.56. The van der Waals surface area contributed by atoms with Crippen LogP contribution in [0.25, 0.3) is 0 Å². The van der Waals surface area contributed by atoms with Gasteiger partial charge in [0.05, 0.1) is 0 Å². The topological polar surface area (TPSA) is 81.7 Å². The van der Waals surface area contributed by atoms with Crippen molar-refractivity contribution >= 4 is 5.95 Å². The summed E-state index contributed by atoms with van der Waals surface area (Å²) in [5.74, 6) is 0.660. The van der Waals surface area contributed by atoms with Gasteiger partial charge in [0.15, 0.2) is 0 Å². The summed E-state index contributed by atoms with van der Waals surface area (Å²) in [5, 5.41) is 14.1. The zero-order chi connectivity index (χ0) is 8.97. The van der Waals surface area contributed by atoms with Crippen molar-refractivity contribution in [2.45, 2.75) is 19.4 Å². The van der Waals surface area contributed by atoms with Crippen molar-refractivity contribution in [2.75, 3.05) is 11.9 Å². The molecular formula is C6H14N6.